The molecule has 0 aliphatic heterocycles. The van der Waals surface area contributed by atoms with Crippen LogP contribution in [-0.2, 0) is 4.79 Å². The Morgan fingerprint density at radius 2 is 2.30 bits per heavy atom. The molecule has 1 aromatic rings. The third kappa shape index (κ3) is 3.34. The summed E-state index contributed by atoms with van der Waals surface area (Å²) in [6.45, 7) is 4.34. The molecule has 1 N–H and O–H groups in total. The summed E-state index contributed by atoms with van der Waals surface area (Å²) in [5, 5.41) is 10.4. The Morgan fingerprint density at radius 3 is 2.90 bits per heavy atom. The van der Waals surface area contributed by atoms with Crippen LogP contribution in [0.5, 0.6) is 0 Å². The Morgan fingerprint density at radius 1 is 1.55 bits per heavy atom. The van der Waals surface area contributed by atoms with E-state index in [1.54, 1.807) is 0 Å². The van der Waals surface area contributed by atoms with E-state index in [1.165, 1.54) is 36.7 Å². The van der Waals surface area contributed by atoms with Crippen molar-refractivity contribution in [1.29, 1.82) is 0 Å². The maximum atomic E-state index is 10.8. The standard InChI is InChI=1S/C14H22N2O2S2/c1-9(2)11-7-15-14(20-8-13(17)18)16(11)10-5-4-6-12(10)19-3/h7,9-10,12H,4-6,8H2,1-3H3,(H,17,18). The first kappa shape index (κ1) is 15.8. The van der Waals surface area contributed by atoms with Crippen molar-refractivity contribution in [2.24, 2.45) is 0 Å². The number of hydrogen-bond donors (Lipinski definition) is 1. The van der Waals surface area contributed by atoms with Crippen LogP contribution in [0.4, 0.5) is 0 Å². The molecular weight excluding hydrogens is 292 g/mol. The number of aromatic nitrogens is 2. The third-order valence-corrected chi connectivity index (χ3v) is 5.87. The van der Waals surface area contributed by atoms with Gasteiger partial charge in [-0.3, -0.25) is 4.79 Å². The number of rotatable bonds is 6. The van der Waals surface area contributed by atoms with Gasteiger partial charge in [-0.05, 0) is 25.0 Å². The molecule has 6 heteroatoms. The van der Waals surface area contributed by atoms with E-state index in [4.69, 9.17) is 5.11 Å². The topological polar surface area (TPSA) is 55.1 Å². The number of thioether (sulfide) groups is 2. The van der Waals surface area contributed by atoms with Gasteiger partial charge in [-0.15, -0.1) is 0 Å². The normalized spacial score (nSPS) is 22.6. The predicted molar refractivity (Wildman–Crippen MR) is 84.9 cm³/mol. The number of hydrogen-bond acceptors (Lipinski definition) is 4. The van der Waals surface area contributed by atoms with Crippen LogP contribution in [0.25, 0.3) is 0 Å². The lowest BCUT2D eigenvalue weighted by atomic mass is 10.1. The highest BCUT2D eigenvalue weighted by Crippen LogP contribution is 2.41. The zero-order valence-corrected chi connectivity index (χ0v) is 13.8. The fourth-order valence-corrected chi connectivity index (χ4v) is 4.56. The first-order valence-corrected chi connectivity index (χ1v) is 9.26. The van der Waals surface area contributed by atoms with Crippen LogP contribution in [0.2, 0.25) is 0 Å². The van der Waals surface area contributed by atoms with Gasteiger partial charge in [-0.1, -0.05) is 32.0 Å². The molecule has 1 fully saturated rings. The van der Waals surface area contributed by atoms with Gasteiger partial charge in [0, 0.05) is 23.2 Å². The molecule has 0 bridgehead atoms. The largest absolute Gasteiger partial charge is 0.481 e. The van der Waals surface area contributed by atoms with Gasteiger partial charge in [-0.25, -0.2) is 4.98 Å². The summed E-state index contributed by atoms with van der Waals surface area (Å²) >= 11 is 3.25. The zero-order valence-electron chi connectivity index (χ0n) is 12.2. The van der Waals surface area contributed by atoms with Gasteiger partial charge < -0.3 is 9.67 Å². The highest BCUT2D eigenvalue weighted by Gasteiger charge is 2.31. The maximum absolute atomic E-state index is 10.8. The summed E-state index contributed by atoms with van der Waals surface area (Å²) in [4.78, 5) is 15.3. The second-order valence-corrected chi connectivity index (χ2v) is 7.46. The van der Waals surface area contributed by atoms with E-state index >= 15 is 0 Å². The van der Waals surface area contributed by atoms with E-state index in [2.05, 4.69) is 29.7 Å². The number of aliphatic carboxylic acids is 1. The molecule has 1 aliphatic carbocycles. The highest BCUT2D eigenvalue weighted by molar-refractivity contribution is 7.99. The third-order valence-electron chi connectivity index (χ3n) is 3.76. The first-order valence-electron chi connectivity index (χ1n) is 6.99. The van der Waals surface area contributed by atoms with Crippen LogP contribution in [0, 0.1) is 0 Å². The Kier molecular flexibility index (Phi) is 5.43. The first-order chi connectivity index (χ1) is 9.54. The molecule has 2 unspecified atom stereocenters. The van der Waals surface area contributed by atoms with Crippen molar-refractivity contribution in [3.8, 4) is 0 Å². The van der Waals surface area contributed by atoms with Gasteiger partial charge in [0.1, 0.15) is 0 Å². The van der Waals surface area contributed by atoms with Gasteiger partial charge in [-0.2, -0.15) is 11.8 Å². The average molecular weight is 314 g/mol. The Bertz CT molecular complexity index is 474. The molecule has 1 aromatic heterocycles. The van der Waals surface area contributed by atoms with Gasteiger partial charge in [0.25, 0.3) is 0 Å². The van der Waals surface area contributed by atoms with E-state index in [0.29, 0.717) is 17.2 Å². The highest BCUT2D eigenvalue weighted by atomic mass is 32.2. The molecule has 0 spiro atoms. The molecular formula is C14H22N2O2S2. The fourth-order valence-electron chi connectivity index (χ4n) is 2.83. The summed E-state index contributed by atoms with van der Waals surface area (Å²) in [6.07, 6.45) is 7.74. The molecule has 4 nitrogen and oxygen atoms in total. The monoisotopic (exact) mass is 314 g/mol. The molecule has 0 aromatic carbocycles. The van der Waals surface area contributed by atoms with Crippen molar-refractivity contribution in [3.63, 3.8) is 0 Å². The molecule has 2 rings (SSSR count). The van der Waals surface area contributed by atoms with Gasteiger partial charge in [0.05, 0.1) is 5.75 Å². The number of carboxylic acids is 1. The Labute approximate surface area is 128 Å². The van der Waals surface area contributed by atoms with E-state index in [1.807, 2.05) is 18.0 Å². The van der Waals surface area contributed by atoms with Crippen molar-refractivity contribution in [1.82, 2.24) is 9.55 Å². The number of carbonyl (C=O) groups is 1. The van der Waals surface area contributed by atoms with Crippen molar-refractivity contribution < 1.29 is 9.90 Å². The Hall–Kier alpha value is -0.620. The van der Waals surface area contributed by atoms with Crippen LogP contribution in [0.15, 0.2) is 11.4 Å². The van der Waals surface area contributed by atoms with Crippen molar-refractivity contribution in [2.45, 2.75) is 55.5 Å². The maximum Gasteiger partial charge on any atom is 0.313 e. The second kappa shape index (κ2) is 6.89. The summed E-state index contributed by atoms with van der Waals surface area (Å²) in [7, 11) is 0. The molecule has 1 aliphatic rings. The van der Waals surface area contributed by atoms with Gasteiger partial charge >= 0.3 is 5.97 Å². The Balaban J connectivity index is 2.31. The van der Waals surface area contributed by atoms with Gasteiger partial charge in [0.2, 0.25) is 0 Å². The molecule has 1 saturated carbocycles. The van der Waals surface area contributed by atoms with E-state index in [-0.39, 0.29) is 5.75 Å². The predicted octanol–water partition coefficient (Wildman–Crippen LogP) is 3.64. The zero-order chi connectivity index (χ0) is 14.7. The minimum atomic E-state index is -0.788. The molecule has 0 radical (unpaired) electrons. The second-order valence-electron chi connectivity index (χ2n) is 5.45. The van der Waals surface area contributed by atoms with Crippen molar-refractivity contribution in [3.05, 3.63) is 11.9 Å². The lowest BCUT2D eigenvalue weighted by Crippen LogP contribution is -2.19. The number of nitrogens with zero attached hydrogens (tertiary/aromatic N) is 2. The molecule has 20 heavy (non-hydrogen) atoms. The molecule has 112 valence electrons. The van der Waals surface area contributed by atoms with Crippen LogP contribution >= 0.6 is 23.5 Å². The summed E-state index contributed by atoms with van der Waals surface area (Å²) in [5.41, 5.74) is 1.23. The van der Waals surface area contributed by atoms with Crippen LogP contribution in [0.3, 0.4) is 0 Å². The molecule has 2 atom stereocenters. The van der Waals surface area contributed by atoms with Gasteiger partial charge in [0.15, 0.2) is 5.16 Å². The average Bonchev–Trinajstić information content (AvgIpc) is 3.01. The van der Waals surface area contributed by atoms with Crippen LogP contribution in [-0.4, -0.2) is 37.9 Å². The van der Waals surface area contributed by atoms with E-state index in [9.17, 15) is 4.79 Å². The minimum Gasteiger partial charge on any atom is -0.481 e. The minimum absolute atomic E-state index is 0.0746. The molecule has 1 heterocycles. The molecule has 0 saturated heterocycles. The van der Waals surface area contributed by atoms with Crippen LogP contribution in [0.1, 0.15) is 50.8 Å². The number of imidazole rings is 1. The lowest BCUT2D eigenvalue weighted by Gasteiger charge is -2.24. The van der Waals surface area contributed by atoms with Crippen molar-refractivity contribution >= 4 is 29.5 Å². The summed E-state index contributed by atoms with van der Waals surface area (Å²) in [6, 6.07) is 0.459. The van der Waals surface area contributed by atoms with Crippen molar-refractivity contribution in [2.75, 3.05) is 12.0 Å². The number of carboxylic acid groups (broad SMARTS) is 1. The van der Waals surface area contributed by atoms with E-state index < -0.39 is 5.97 Å². The molecule has 0 amide bonds. The van der Waals surface area contributed by atoms with Crippen LogP contribution < -0.4 is 0 Å². The smallest absolute Gasteiger partial charge is 0.313 e. The summed E-state index contributed by atoms with van der Waals surface area (Å²) in [5.74, 6) is -0.307. The fraction of sp³-hybridized carbons (Fsp3) is 0.714. The SMILES string of the molecule is CSC1CCCC1n1c(C(C)C)cnc1SCC(=O)O. The van der Waals surface area contributed by atoms with E-state index in [0.717, 1.165) is 5.16 Å². The lowest BCUT2D eigenvalue weighted by molar-refractivity contribution is -0.133. The summed E-state index contributed by atoms with van der Waals surface area (Å²) < 4.78 is 2.31. The quantitative estimate of drug-likeness (QED) is 0.812.